The molecule has 1 nitrogen and oxygen atoms in total. The third-order valence-corrected chi connectivity index (χ3v) is 13.5. The van der Waals surface area contributed by atoms with Gasteiger partial charge in [0.15, 0.2) is 0 Å². The average molecular weight is 729 g/mol. The maximum absolute atomic E-state index is 6.49. The number of fused-ring (bicyclic) bond motifs is 11. The monoisotopic (exact) mass is 728 g/mol. The van der Waals surface area contributed by atoms with Crippen LogP contribution in [0.2, 0.25) is 0 Å². The molecule has 0 saturated carbocycles. The fourth-order valence-corrected chi connectivity index (χ4v) is 10.8. The first-order chi connectivity index (χ1) is 27.8. The zero-order chi connectivity index (χ0) is 38.2. The van der Waals surface area contributed by atoms with Crippen LogP contribution >= 0.6 is 0 Å². The van der Waals surface area contributed by atoms with E-state index in [2.05, 4.69) is 198 Å². The summed E-state index contributed by atoms with van der Waals surface area (Å²) in [4.78, 5) is 0. The molecule has 0 saturated heterocycles. The van der Waals surface area contributed by atoms with Crippen molar-refractivity contribution in [2.45, 2.75) is 38.5 Å². The van der Waals surface area contributed by atoms with Crippen LogP contribution in [0.5, 0.6) is 0 Å². The van der Waals surface area contributed by atoms with Crippen molar-refractivity contribution in [3.8, 4) is 55.6 Å². The van der Waals surface area contributed by atoms with E-state index in [0.717, 1.165) is 21.9 Å². The molecule has 12 rings (SSSR count). The summed E-state index contributed by atoms with van der Waals surface area (Å²) in [5.41, 5.74) is 20.0. The number of para-hydroxylation sites is 1. The van der Waals surface area contributed by atoms with Crippen molar-refractivity contribution in [2.24, 2.45) is 0 Å². The Balaban J connectivity index is 1.21. The molecule has 1 aromatic heterocycles. The van der Waals surface area contributed by atoms with Crippen molar-refractivity contribution < 1.29 is 4.42 Å². The summed E-state index contributed by atoms with van der Waals surface area (Å²) < 4.78 is 6.49. The fraction of sp³-hybridized carbons (Fsp3) is 0.107. The van der Waals surface area contributed by atoms with E-state index in [9.17, 15) is 0 Å². The van der Waals surface area contributed by atoms with E-state index in [1.807, 2.05) is 0 Å². The van der Waals surface area contributed by atoms with E-state index in [1.54, 1.807) is 0 Å². The third kappa shape index (κ3) is 4.35. The molecule has 0 N–H and O–H groups in total. The highest BCUT2D eigenvalue weighted by Crippen LogP contribution is 2.56. The zero-order valence-corrected chi connectivity index (χ0v) is 32.6. The highest BCUT2D eigenvalue weighted by molar-refractivity contribution is 6.27. The number of hydrogen-bond acceptors (Lipinski definition) is 1. The second kappa shape index (κ2) is 11.4. The molecule has 0 fully saturated rings. The van der Waals surface area contributed by atoms with Gasteiger partial charge in [0.2, 0.25) is 0 Å². The molecule has 57 heavy (non-hydrogen) atoms. The van der Waals surface area contributed by atoms with E-state index in [4.69, 9.17) is 4.42 Å². The van der Waals surface area contributed by atoms with Gasteiger partial charge in [-0.2, -0.15) is 0 Å². The van der Waals surface area contributed by atoms with Crippen molar-refractivity contribution in [2.75, 3.05) is 0 Å². The van der Waals surface area contributed by atoms with Crippen LogP contribution in [0.1, 0.15) is 49.9 Å². The summed E-state index contributed by atoms with van der Waals surface area (Å²) in [6.07, 6.45) is 0. The molecule has 270 valence electrons. The van der Waals surface area contributed by atoms with Gasteiger partial charge in [-0.15, -0.1) is 0 Å². The first-order valence-corrected chi connectivity index (χ1v) is 20.2. The summed E-state index contributed by atoms with van der Waals surface area (Å²) in [5, 5.41) is 7.29. The predicted molar refractivity (Wildman–Crippen MR) is 240 cm³/mol. The molecule has 0 aliphatic heterocycles. The highest BCUT2D eigenvalue weighted by Gasteiger charge is 2.38. The van der Waals surface area contributed by atoms with Crippen LogP contribution in [0, 0.1) is 0 Å². The first-order valence-electron chi connectivity index (χ1n) is 20.2. The number of rotatable bonds is 3. The lowest BCUT2D eigenvalue weighted by Crippen LogP contribution is -2.14. The summed E-state index contributed by atoms with van der Waals surface area (Å²) in [5.74, 6) is 0. The highest BCUT2D eigenvalue weighted by atomic mass is 16.3. The van der Waals surface area contributed by atoms with Gasteiger partial charge in [-0.05, 0) is 124 Å². The first kappa shape index (κ1) is 32.5. The molecule has 2 aliphatic rings. The van der Waals surface area contributed by atoms with Crippen LogP contribution < -0.4 is 0 Å². The van der Waals surface area contributed by atoms with Gasteiger partial charge in [-0.3, -0.25) is 0 Å². The van der Waals surface area contributed by atoms with Crippen LogP contribution in [-0.2, 0) is 10.8 Å². The number of hydrogen-bond donors (Lipinski definition) is 0. The Morgan fingerprint density at radius 1 is 0.316 bits per heavy atom. The van der Waals surface area contributed by atoms with Gasteiger partial charge in [0.05, 0.1) is 0 Å². The molecule has 0 atom stereocenters. The van der Waals surface area contributed by atoms with Gasteiger partial charge >= 0.3 is 0 Å². The minimum absolute atomic E-state index is 0.0792. The zero-order valence-electron chi connectivity index (χ0n) is 32.6. The standard InChI is InChI=1S/C56H40O/c1-55(2)46-23-11-8-18-40(46)53-42(20-13-24-47(53)55)52-38-17-6-5-16-37(38)51(43-21-14-26-50-54(43)41-19-9-12-25-49(41)57-50)39-30-28-33(31-44(39)52)34-27-29-36-35-15-7-10-22-45(35)56(3,4)48(36)32-34/h5-32H,1-4H3. The Bertz CT molecular complexity index is 3350. The molecule has 1 heterocycles. The predicted octanol–water partition coefficient (Wildman–Crippen LogP) is 15.5. The van der Waals surface area contributed by atoms with E-state index in [1.165, 1.54) is 99.4 Å². The molecule has 0 radical (unpaired) electrons. The van der Waals surface area contributed by atoms with Crippen molar-refractivity contribution >= 4 is 43.5 Å². The molecule has 0 bridgehead atoms. The quantitative estimate of drug-likeness (QED) is 0.165. The third-order valence-electron chi connectivity index (χ3n) is 13.5. The lowest BCUT2D eigenvalue weighted by atomic mass is 9.80. The van der Waals surface area contributed by atoms with Gasteiger partial charge < -0.3 is 4.42 Å². The van der Waals surface area contributed by atoms with Gasteiger partial charge in [0.25, 0.3) is 0 Å². The molecule has 9 aromatic carbocycles. The number of benzene rings is 9. The van der Waals surface area contributed by atoms with Crippen LogP contribution in [0.15, 0.2) is 174 Å². The molecule has 2 aliphatic carbocycles. The fourth-order valence-electron chi connectivity index (χ4n) is 10.8. The van der Waals surface area contributed by atoms with Crippen molar-refractivity contribution in [3.63, 3.8) is 0 Å². The van der Waals surface area contributed by atoms with E-state index in [-0.39, 0.29) is 10.8 Å². The van der Waals surface area contributed by atoms with Crippen LogP contribution in [0.3, 0.4) is 0 Å². The van der Waals surface area contributed by atoms with Crippen LogP contribution in [-0.4, -0.2) is 0 Å². The Morgan fingerprint density at radius 2 is 0.825 bits per heavy atom. The van der Waals surface area contributed by atoms with Crippen LogP contribution in [0.25, 0.3) is 99.1 Å². The van der Waals surface area contributed by atoms with Gasteiger partial charge in [-0.25, -0.2) is 0 Å². The second-order valence-electron chi connectivity index (χ2n) is 17.2. The minimum Gasteiger partial charge on any atom is -0.456 e. The Kier molecular flexibility index (Phi) is 6.53. The maximum atomic E-state index is 6.49. The summed E-state index contributed by atoms with van der Waals surface area (Å²) in [6.45, 7) is 9.49. The topological polar surface area (TPSA) is 13.1 Å². The van der Waals surface area contributed by atoms with Gasteiger partial charge in [-0.1, -0.05) is 173 Å². The van der Waals surface area contributed by atoms with E-state index >= 15 is 0 Å². The molecular weight excluding hydrogens is 689 g/mol. The molecule has 0 amide bonds. The summed E-state index contributed by atoms with van der Waals surface area (Å²) in [7, 11) is 0. The Hall–Kier alpha value is -6.70. The van der Waals surface area contributed by atoms with E-state index < -0.39 is 0 Å². The Labute approximate surface area is 332 Å². The maximum Gasteiger partial charge on any atom is 0.136 e. The smallest absolute Gasteiger partial charge is 0.136 e. The molecule has 0 spiro atoms. The van der Waals surface area contributed by atoms with E-state index in [0.29, 0.717) is 0 Å². The average Bonchev–Trinajstić information content (AvgIpc) is 3.82. The lowest BCUT2D eigenvalue weighted by molar-refractivity contribution is 0.660. The van der Waals surface area contributed by atoms with Crippen molar-refractivity contribution in [3.05, 3.63) is 192 Å². The largest absolute Gasteiger partial charge is 0.456 e. The van der Waals surface area contributed by atoms with Gasteiger partial charge in [0.1, 0.15) is 11.2 Å². The second-order valence-corrected chi connectivity index (χ2v) is 17.2. The number of furan rings is 1. The molecule has 0 unspecified atom stereocenters. The molecule has 1 heteroatoms. The minimum atomic E-state index is -0.106. The normalized spacial score (nSPS) is 14.6. The summed E-state index contributed by atoms with van der Waals surface area (Å²) >= 11 is 0. The molecule has 10 aromatic rings. The lowest BCUT2D eigenvalue weighted by Gasteiger charge is -2.23. The Morgan fingerprint density at radius 3 is 1.63 bits per heavy atom. The van der Waals surface area contributed by atoms with Crippen molar-refractivity contribution in [1.82, 2.24) is 0 Å². The van der Waals surface area contributed by atoms with Crippen molar-refractivity contribution in [1.29, 1.82) is 0 Å². The van der Waals surface area contributed by atoms with Gasteiger partial charge in [0, 0.05) is 21.6 Å². The summed E-state index contributed by atoms with van der Waals surface area (Å²) in [6, 6.07) is 63.4. The molecular formula is C56H40O. The SMILES string of the molecule is CC1(C)c2ccccc2-c2ccc(-c3ccc4c(-c5cccc6oc7ccccc7c56)c5ccccc5c(-c5cccc6c5-c5ccccc5C6(C)C)c4c3)cc21. The van der Waals surface area contributed by atoms with Crippen LogP contribution in [0.4, 0.5) is 0 Å².